The number of carbonyl (C=O) groups excluding carboxylic acids is 1. The van der Waals surface area contributed by atoms with Crippen molar-refractivity contribution in [1.29, 1.82) is 0 Å². The summed E-state index contributed by atoms with van der Waals surface area (Å²) in [6.07, 6.45) is 7.13. The number of thiocarbonyl (C=S) groups is 1. The van der Waals surface area contributed by atoms with E-state index in [9.17, 15) is 9.59 Å². The molecule has 1 saturated heterocycles. The maximum Gasteiger partial charge on any atom is 0.267 e. The number of thioether (sulfide) groups is 1. The molecular formula is C23H30N4O3S2. The first-order chi connectivity index (χ1) is 15.5. The van der Waals surface area contributed by atoms with Crippen LogP contribution in [0.4, 0.5) is 5.82 Å². The van der Waals surface area contributed by atoms with Gasteiger partial charge in [0.05, 0.1) is 10.5 Å². The lowest BCUT2D eigenvalue weighted by atomic mass is 10.2. The van der Waals surface area contributed by atoms with E-state index in [1.54, 1.807) is 17.2 Å². The molecule has 7 nitrogen and oxygen atoms in total. The normalized spacial score (nSPS) is 15.3. The quantitative estimate of drug-likeness (QED) is 0.297. The number of unbranched alkanes of at least 4 members (excludes halogenated alkanes) is 2. The third kappa shape index (κ3) is 5.57. The van der Waals surface area contributed by atoms with Crippen LogP contribution < -0.4 is 10.9 Å². The number of pyridine rings is 1. The van der Waals surface area contributed by atoms with E-state index < -0.39 is 0 Å². The first-order valence-corrected chi connectivity index (χ1v) is 12.3. The number of rotatable bonds is 11. The van der Waals surface area contributed by atoms with Crippen LogP contribution in [0.2, 0.25) is 0 Å². The third-order valence-corrected chi connectivity index (χ3v) is 6.56. The summed E-state index contributed by atoms with van der Waals surface area (Å²) in [6, 6.07) is 3.74. The average Bonchev–Trinajstić information content (AvgIpc) is 3.04. The molecule has 3 rings (SSSR count). The Morgan fingerprint density at radius 2 is 2.06 bits per heavy atom. The predicted octanol–water partition coefficient (Wildman–Crippen LogP) is 4.23. The van der Waals surface area contributed by atoms with Crippen molar-refractivity contribution in [2.24, 2.45) is 0 Å². The van der Waals surface area contributed by atoms with E-state index in [0.29, 0.717) is 52.6 Å². The number of hydrogen-bond acceptors (Lipinski definition) is 7. The molecule has 0 aromatic carbocycles. The number of nitrogens with one attached hydrogen (secondary N) is 1. The number of ether oxygens (including phenoxy) is 1. The van der Waals surface area contributed by atoms with Gasteiger partial charge in [0.15, 0.2) is 0 Å². The second-order valence-electron chi connectivity index (χ2n) is 7.58. The van der Waals surface area contributed by atoms with Crippen molar-refractivity contribution in [3.05, 3.63) is 44.7 Å². The zero-order valence-electron chi connectivity index (χ0n) is 18.8. The summed E-state index contributed by atoms with van der Waals surface area (Å²) in [5, 5.41) is 3.27. The number of nitrogens with zero attached hydrogens (tertiary/aromatic N) is 3. The van der Waals surface area contributed by atoms with E-state index in [4.69, 9.17) is 21.9 Å². The number of aryl methyl sites for hydroxylation is 1. The van der Waals surface area contributed by atoms with Gasteiger partial charge < -0.3 is 10.1 Å². The molecule has 1 aliphatic rings. The number of fused-ring (bicyclic) bond motifs is 1. The molecular weight excluding hydrogens is 444 g/mol. The van der Waals surface area contributed by atoms with Crippen molar-refractivity contribution in [2.75, 3.05) is 31.6 Å². The summed E-state index contributed by atoms with van der Waals surface area (Å²) in [7, 11) is 0. The van der Waals surface area contributed by atoms with Crippen LogP contribution in [-0.2, 0) is 9.53 Å². The van der Waals surface area contributed by atoms with Crippen molar-refractivity contribution in [3.8, 4) is 0 Å². The van der Waals surface area contributed by atoms with Gasteiger partial charge in [-0.25, -0.2) is 4.98 Å². The van der Waals surface area contributed by atoms with Crippen molar-refractivity contribution < 1.29 is 9.53 Å². The highest BCUT2D eigenvalue weighted by atomic mass is 32.2. The average molecular weight is 475 g/mol. The number of anilines is 1. The second kappa shape index (κ2) is 11.6. The second-order valence-corrected chi connectivity index (χ2v) is 9.26. The standard InChI is InChI=1S/C23H30N4O3S2/c1-4-6-7-12-27-22(29)18(32-23(27)31)15-17-19(24-11-9-14-30-5-2)25-20-16(3)10-8-13-26(20)21(17)28/h8,10,13,15,24H,4-7,9,11-12,14H2,1-3H3. The molecule has 2 aromatic rings. The summed E-state index contributed by atoms with van der Waals surface area (Å²) >= 11 is 6.67. The van der Waals surface area contributed by atoms with Crippen LogP contribution >= 0.6 is 24.0 Å². The number of carbonyl (C=O) groups is 1. The first kappa shape index (κ1) is 24.4. The van der Waals surface area contributed by atoms with E-state index in [1.807, 2.05) is 26.0 Å². The summed E-state index contributed by atoms with van der Waals surface area (Å²) in [5.74, 6) is 0.323. The Morgan fingerprint density at radius 1 is 1.25 bits per heavy atom. The SMILES string of the molecule is CCCCCN1C(=O)C(=Cc2c(NCCCOCC)nc3c(C)cccn3c2=O)SC1=S. The van der Waals surface area contributed by atoms with Gasteiger partial charge in [0.1, 0.15) is 15.8 Å². The predicted molar refractivity (Wildman–Crippen MR) is 135 cm³/mol. The fourth-order valence-corrected chi connectivity index (χ4v) is 4.74. The van der Waals surface area contributed by atoms with Crippen LogP contribution in [0.15, 0.2) is 28.0 Å². The number of aromatic nitrogens is 2. The van der Waals surface area contributed by atoms with E-state index >= 15 is 0 Å². The van der Waals surface area contributed by atoms with E-state index in [2.05, 4.69) is 12.2 Å². The van der Waals surface area contributed by atoms with Gasteiger partial charge in [-0.15, -0.1) is 0 Å². The molecule has 1 N–H and O–H groups in total. The van der Waals surface area contributed by atoms with Gasteiger partial charge in [-0.2, -0.15) is 0 Å². The Hall–Kier alpha value is -2.23. The van der Waals surface area contributed by atoms with Crippen LogP contribution in [0.3, 0.4) is 0 Å². The molecule has 9 heteroatoms. The zero-order valence-corrected chi connectivity index (χ0v) is 20.5. The van der Waals surface area contributed by atoms with Crippen molar-refractivity contribution >= 4 is 51.7 Å². The molecule has 0 aliphatic carbocycles. The Morgan fingerprint density at radius 3 is 2.81 bits per heavy atom. The minimum atomic E-state index is -0.220. The molecule has 32 heavy (non-hydrogen) atoms. The summed E-state index contributed by atoms with van der Waals surface area (Å²) in [4.78, 5) is 33.1. The molecule has 1 fully saturated rings. The Kier molecular flexibility index (Phi) is 8.84. The monoisotopic (exact) mass is 474 g/mol. The minimum absolute atomic E-state index is 0.146. The van der Waals surface area contributed by atoms with Gasteiger partial charge in [-0.1, -0.05) is 49.8 Å². The number of hydrogen-bond donors (Lipinski definition) is 1. The highest BCUT2D eigenvalue weighted by molar-refractivity contribution is 8.26. The molecule has 3 heterocycles. The maximum atomic E-state index is 13.4. The molecule has 0 saturated carbocycles. The van der Waals surface area contributed by atoms with Gasteiger partial charge in [0.25, 0.3) is 11.5 Å². The fourth-order valence-electron chi connectivity index (χ4n) is 3.45. The van der Waals surface area contributed by atoms with E-state index in [-0.39, 0.29) is 11.5 Å². The van der Waals surface area contributed by atoms with Gasteiger partial charge in [0, 0.05) is 32.5 Å². The van der Waals surface area contributed by atoms with Crippen molar-refractivity contribution in [2.45, 2.75) is 46.5 Å². The first-order valence-electron chi connectivity index (χ1n) is 11.1. The summed E-state index contributed by atoms with van der Waals surface area (Å²) in [5.41, 5.74) is 1.63. The van der Waals surface area contributed by atoms with Gasteiger partial charge in [-0.05, 0) is 44.4 Å². The minimum Gasteiger partial charge on any atom is -0.382 e. The van der Waals surface area contributed by atoms with Crippen LogP contribution in [0.1, 0.15) is 50.7 Å². The molecule has 172 valence electrons. The smallest absolute Gasteiger partial charge is 0.267 e. The molecule has 1 aliphatic heterocycles. The van der Waals surface area contributed by atoms with E-state index in [1.165, 1.54) is 16.2 Å². The van der Waals surface area contributed by atoms with Gasteiger partial charge >= 0.3 is 0 Å². The third-order valence-electron chi connectivity index (χ3n) is 5.18. The maximum absolute atomic E-state index is 13.4. The zero-order chi connectivity index (χ0) is 23.1. The molecule has 0 unspecified atom stereocenters. The Bertz CT molecular complexity index is 1080. The van der Waals surface area contributed by atoms with Gasteiger partial charge in [-0.3, -0.25) is 18.9 Å². The van der Waals surface area contributed by atoms with Crippen LogP contribution in [0, 0.1) is 6.92 Å². The van der Waals surface area contributed by atoms with Crippen LogP contribution in [-0.4, -0.2) is 50.8 Å². The number of amides is 1. The largest absolute Gasteiger partial charge is 0.382 e. The molecule has 0 radical (unpaired) electrons. The lowest BCUT2D eigenvalue weighted by Crippen LogP contribution is -2.29. The van der Waals surface area contributed by atoms with Crippen molar-refractivity contribution in [3.63, 3.8) is 0 Å². The lowest BCUT2D eigenvalue weighted by Gasteiger charge is -2.14. The summed E-state index contributed by atoms with van der Waals surface area (Å²) < 4.78 is 7.45. The Labute approximate surface area is 198 Å². The Balaban J connectivity index is 1.96. The highest BCUT2D eigenvalue weighted by Crippen LogP contribution is 2.33. The molecule has 0 atom stereocenters. The fraction of sp³-hybridized carbons (Fsp3) is 0.478. The molecule has 2 aromatic heterocycles. The topological polar surface area (TPSA) is 75.9 Å². The van der Waals surface area contributed by atoms with Crippen molar-refractivity contribution in [1.82, 2.24) is 14.3 Å². The van der Waals surface area contributed by atoms with E-state index in [0.717, 1.165) is 31.2 Å². The molecule has 1 amide bonds. The van der Waals surface area contributed by atoms with Crippen LogP contribution in [0.25, 0.3) is 11.7 Å². The lowest BCUT2D eigenvalue weighted by molar-refractivity contribution is -0.122. The van der Waals surface area contributed by atoms with Gasteiger partial charge in [0.2, 0.25) is 0 Å². The molecule has 0 spiro atoms. The summed E-state index contributed by atoms with van der Waals surface area (Å²) in [6.45, 7) is 8.50. The highest BCUT2D eigenvalue weighted by Gasteiger charge is 2.32. The van der Waals surface area contributed by atoms with Crippen LogP contribution in [0.5, 0.6) is 0 Å². The molecule has 0 bridgehead atoms.